The lowest BCUT2D eigenvalue weighted by Crippen LogP contribution is -2.33. The molecule has 0 bridgehead atoms. The van der Waals surface area contributed by atoms with Crippen molar-refractivity contribution in [1.82, 2.24) is 5.32 Å². The van der Waals surface area contributed by atoms with Crippen molar-refractivity contribution in [3.8, 4) is 0 Å². The van der Waals surface area contributed by atoms with Gasteiger partial charge >= 0.3 is 0 Å². The summed E-state index contributed by atoms with van der Waals surface area (Å²) in [6.07, 6.45) is 0. The average molecular weight is 410 g/mol. The summed E-state index contributed by atoms with van der Waals surface area (Å²) in [5.41, 5.74) is 1.21. The van der Waals surface area contributed by atoms with Gasteiger partial charge in [0.1, 0.15) is 4.99 Å². The number of hydrogen-bond donors (Lipinski definition) is 2. The van der Waals surface area contributed by atoms with Crippen molar-refractivity contribution >= 4 is 86.6 Å². The van der Waals surface area contributed by atoms with E-state index in [4.69, 9.17) is 70.8 Å². The number of halogens is 4. The predicted octanol–water partition coefficient (Wildman–Crippen LogP) is 5.96. The Balaban J connectivity index is 2.08. The first kappa shape index (κ1) is 17.7. The summed E-state index contributed by atoms with van der Waals surface area (Å²) in [4.78, 5) is 0.327. The number of benzene rings is 2. The molecule has 114 valence electrons. The van der Waals surface area contributed by atoms with Crippen LogP contribution in [-0.2, 0) is 0 Å². The quantitative estimate of drug-likeness (QED) is 0.597. The van der Waals surface area contributed by atoms with Gasteiger partial charge in [-0.05, 0) is 42.5 Å². The standard InChI is InChI=1S/C14H8Cl4N2S2/c15-8-5-4-7(6-11(8)18)19-14(22)20-13(21)12-9(16)2-1-3-10(12)17/h1-6H,(H2,19,20,21,22). The first-order valence-corrected chi connectivity index (χ1v) is 8.22. The molecule has 0 fully saturated rings. The molecule has 0 spiro atoms. The van der Waals surface area contributed by atoms with E-state index in [1.54, 1.807) is 36.4 Å². The largest absolute Gasteiger partial charge is 0.332 e. The fourth-order valence-electron chi connectivity index (χ4n) is 1.62. The molecule has 0 heterocycles. The highest BCUT2D eigenvalue weighted by atomic mass is 35.5. The smallest absolute Gasteiger partial charge is 0.175 e. The molecule has 2 aromatic rings. The first-order chi connectivity index (χ1) is 10.4. The lowest BCUT2D eigenvalue weighted by molar-refractivity contribution is 1.40. The number of hydrogen-bond acceptors (Lipinski definition) is 2. The normalized spacial score (nSPS) is 10.2. The van der Waals surface area contributed by atoms with Crippen molar-refractivity contribution in [2.45, 2.75) is 0 Å². The van der Waals surface area contributed by atoms with Gasteiger partial charge in [0.05, 0.1) is 20.1 Å². The molecule has 0 aliphatic rings. The Labute approximate surface area is 158 Å². The van der Waals surface area contributed by atoms with Crippen LogP contribution in [0.3, 0.4) is 0 Å². The van der Waals surface area contributed by atoms with E-state index in [0.29, 0.717) is 41.4 Å². The molecule has 0 aliphatic heterocycles. The zero-order valence-electron chi connectivity index (χ0n) is 10.8. The summed E-state index contributed by atoms with van der Waals surface area (Å²) in [7, 11) is 0. The van der Waals surface area contributed by atoms with E-state index >= 15 is 0 Å². The minimum atomic E-state index is 0.291. The van der Waals surface area contributed by atoms with E-state index in [0.717, 1.165) is 0 Å². The Kier molecular flexibility index (Phi) is 6.26. The van der Waals surface area contributed by atoms with Crippen LogP contribution in [0.15, 0.2) is 36.4 Å². The maximum absolute atomic E-state index is 6.10. The zero-order chi connectivity index (χ0) is 16.3. The van der Waals surface area contributed by atoms with Crippen LogP contribution in [-0.4, -0.2) is 10.1 Å². The maximum atomic E-state index is 6.10. The molecular formula is C14H8Cl4N2S2. The summed E-state index contributed by atoms with van der Waals surface area (Å²) in [6.45, 7) is 0. The summed E-state index contributed by atoms with van der Waals surface area (Å²) in [5.74, 6) is 0. The second kappa shape index (κ2) is 7.77. The molecule has 0 atom stereocenters. The van der Waals surface area contributed by atoms with E-state index in [1.807, 2.05) is 0 Å². The van der Waals surface area contributed by atoms with E-state index in [-0.39, 0.29) is 0 Å². The van der Waals surface area contributed by atoms with E-state index in [9.17, 15) is 0 Å². The Bertz CT molecular complexity index is 729. The van der Waals surface area contributed by atoms with Gasteiger partial charge in [-0.15, -0.1) is 0 Å². The van der Waals surface area contributed by atoms with Crippen molar-refractivity contribution in [1.29, 1.82) is 0 Å². The molecule has 22 heavy (non-hydrogen) atoms. The van der Waals surface area contributed by atoms with Crippen LogP contribution in [0.4, 0.5) is 5.69 Å². The Hall–Kier alpha value is -0.620. The van der Waals surface area contributed by atoms with E-state index in [1.165, 1.54) is 0 Å². The molecule has 0 saturated carbocycles. The molecule has 2 aromatic carbocycles. The predicted molar refractivity (Wildman–Crippen MR) is 104 cm³/mol. The molecule has 0 radical (unpaired) electrons. The maximum Gasteiger partial charge on any atom is 0.175 e. The monoisotopic (exact) mass is 408 g/mol. The van der Waals surface area contributed by atoms with Crippen LogP contribution in [0.1, 0.15) is 5.56 Å². The molecule has 0 amide bonds. The van der Waals surface area contributed by atoms with Crippen LogP contribution in [0, 0.1) is 0 Å². The third-order valence-electron chi connectivity index (χ3n) is 2.59. The summed E-state index contributed by atoms with van der Waals surface area (Å²) < 4.78 is 0. The lowest BCUT2D eigenvalue weighted by atomic mass is 10.2. The molecule has 0 saturated heterocycles. The second-order valence-electron chi connectivity index (χ2n) is 4.13. The molecule has 0 aromatic heterocycles. The van der Waals surface area contributed by atoms with Crippen LogP contribution >= 0.6 is 70.8 Å². The fourth-order valence-corrected chi connectivity index (χ4v) is 3.22. The highest BCUT2D eigenvalue weighted by Crippen LogP contribution is 2.26. The third kappa shape index (κ3) is 4.44. The molecule has 2 rings (SSSR count). The minimum Gasteiger partial charge on any atom is -0.332 e. The van der Waals surface area contributed by atoms with Crippen LogP contribution in [0.2, 0.25) is 20.1 Å². The summed E-state index contributed by atoms with van der Waals surface area (Å²) >= 11 is 34.5. The number of nitrogens with one attached hydrogen (secondary N) is 2. The second-order valence-corrected chi connectivity index (χ2v) is 6.58. The van der Waals surface area contributed by atoms with Gasteiger partial charge in [-0.25, -0.2) is 0 Å². The topological polar surface area (TPSA) is 24.1 Å². The fraction of sp³-hybridized carbons (Fsp3) is 0. The Morgan fingerprint density at radius 1 is 0.818 bits per heavy atom. The van der Waals surface area contributed by atoms with Gasteiger partial charge in [0, 0.05) is 11.3 Å². The Morgan fingerprint density at radius 3 is 2.05 bits per heavy atom. The first-order valence-electron chi connectivity index (χ1n) is 5.90. The number of thiocarbonyl (C=S) groups is 2. The van der Waals surface area contributed by atoms with Gasteiger partial charge in [-0.3, -0.25) is 0 Å². The summed E-state index contributed by atoms with van der Waals surface area (Å²) in [6, 6.07) is 10.2. The van der Waals surface area contributed by atoms with Gasteiger partial charge in [0.15, 0.2) is 5.11 Å². The van der Waals surface area contributed by atoms with Crippen molar-refractivity contribution < 1.29 is 0 Å². The van der Waals surface area contributed by atoms with Gasteiger partial charge < -0.3 is 10.6 Å². The van der Waals surface area contributed by atoms with Crippen molar-refractivity contribution in [3.05, 3.63) is 62.1 Å². The van der Waals surface area contributed by atoms with Crippen molar-refractivity contribution in [2.24, 2.45) is 0 Å². The summed E-state index contributed by atoms with van der Waals surface area (Å²) in [5, 5.41) is 7.89. The average Bonchev–Trinajstić information content (AvgIpc) is 2.42. The molecule has 2 N–H and O–H groups in total. The molecule has 8 heteroatoms. The molecular weight excluding hydrogens is 402 g/mol. The minimum absolute atomic E-state index is 0.291. The van der Waals surface area contributed by atoms with Gasteiger partial charge in [-0.2, -0.15) is 0 Å². The SMILES string of the molecule is S=C(NC(=S)c1c(Cl)cccc1Cl)Nc1ccc(Cl)c(Cl)c1. The van der Waals surface area contributed by atoms with Crippen molar-refractivity contribution in [3.63, 3.8) is 0 Å². The molecule has 2 nitrogen and oxygen atoms in total. The van der Waals surface area contributed by atoms with Gasteiger partial charge in [0.2, 0.25) is 0 Å². The third-order valence-corrected chi connectivity index (χ3v) is 4.47. The zero-order valence-corrected chi connectivity index (χ0v) is 15.4. The number of rotatable bonds is 2. The highest BCUT2D eigenvalue weighted by molar-refractivity contribution is 7.82. The van der Waals surface area contributed by atoms with E-state index < -0.39 is 0 Å². The van der Waals surface area contributed by atoms with Crippen LogP contribution < -0.4 is 10.6 Å². The number of anilines is 1. The van der Waals surface area contributed by atoms with Crippen molar-refractivity contribution in [2.75, 3.05) is 5.32 Å². The van der Waals surface area contributed by atoms with E-state index in [2.05, 4.69) is 10.6 Å². The van der Waals surface area contributed by atoms with Crippen LogP contribution in [0.5, 0.6) is 0 Å². The van der Waals surface area contributed by atoms with Gasteiger partial charge in [-0.1, -0.05) is 64.7 Å². The van der Waals surface area contributed by atoms with Gasteiger partial charge in [0.25, 0.3) is 0 Å². The molecule has 0 aliphatic carbocycles. The highest BCUT2D eigenvalue weighted by Gasteiger charge is 2.12. The molecule has 0 unspecified atom stereocenters. The lowest BCUT2D eigenvalue weighted by Gasteiger charge is -2.13. The Morgan fingerprint density at radius 2 is 1.45 bits per heavy atom. The van der Waals surface area contributed by atoms with Crippen LogP contribution in [0.25, 0.3) is 0 Å².